The van der Waals surface area contributed by atoms with Gasteiger partial charge in [-0.2, -0.15) is 0 Å². The van der Waals surface area contributed by atoms with Gasteiger partial charge in [0.25, 0.3) is 0 Å². The second kappa shape index (κ2) is 8.78. The highest BCUT2D eigenvalue weighted by atomic mass is 16.5. The quantitative estimate of drug-likeness (QED) is 0.570. The number of carbonyl (C=O) groups excluding carboxylic acids is 2. The van der Waals surface area contributed by atoms with Crippen molar-refractivity contribution in [2.75, 3.05) is 0 Å². The molecule has 0 radical (unpaired) electrons. The standard InChI is InChI=1S/C20H14O10/c21-15-5-13(27-9-17(15)23)7-29-19(25)11-1-2-12(4-3-11)20(26)30-8-14-6-16(22)18(24)10-28-14/h1-6,9-10,23-24H,7-8H2. The van der Waals surface area contributed by atoms with Gasteiger partial charge in [0, 0.05) is 12.1 Å². The smallest absolute Gasteiger partial charge is 0.338 e. The van der Waals surface area contributed by atoms with Gasteiger partial charge in [-0.1, -0.05) is 0 Å². The Labute approximate surface area is 167 Å². The third-order valence-corrected chi connectivity index (χ3v) is 3.78. The van der Waals surface area contributed by atoms with Crippen LogP contribution in [-0.4, -0.2) is 22.2 Å². The molecule has 0 aliphatic heterocycles. The molecule has 0 saturated carbocycles. The fraction of sp³-hybridized carbons (Fsp3) is 0.100. The van der Waals surface area contributed by atoms with Gasteiger partial charge in [-0.25, -0.2) is 9.59 Å². The van der Waals surface area contributed by atoms with E-state index in [2.05, 4.69) is 0 Å². The van der Waals surface area contributed by atoms with Crippen molar-refractivity contribution in [3.8, 4) is 11.5 Å². The van der Waals surface area contributed by atoms with Gasteiger partial charge in [0.15, 0.2) is 11.5 Å². The van der Waals surface area contributed by atoms with Crippen LogP contribution in [0.4, 0.5) is 0 Å². The molecule has 0 bridgehead atoms. The van der Waals surface area contributed by atoms with Gasteiger partial charge in [0.05, 0.1) is 11.1 Å². The second-order valence-corrected chi connectivity index (χ2v) is 5.92. The van der Waals surface area contributed by atoms with E-state index in [1.807, 2.05) is 0 Å². The first-order valence-corrected chi connectivity index (χ1v) is 8.39. The molecule has 10 nitrogen and oxygen atoms in total. The van der Waals surface area contributed by atoms with Crippen LogP contribution in [0.15, 0.2) is 67.3 Å². The predicted octanol–water partition coefficient (Wildman–Crippen LogP) is 1.72. The molecule has 3 aromatic rings. The number of hydrogen-bond acceptors (Lipinski definition) is 10. The molecule has 0 spiro atoms. The summed E-state index contributed by atoms with van der Waals surface area (Å²) >= 11 is 0. The molecule has 154 valence electrons. The van der Waals surface area contributed by atoms with Crippen LogP contribution >= 0.6 is 0 Å². The van der Waals surface area contributed by atoms with Gasteiger partial charge in [-0.05, 0) is 24.3 Å². The van der Waals surface area contributed by atoms with Gasteiger partial charge < -0.3 is 28.5 Å². The maximum atomic E-state index is 12.1. The van der Waals surface area contributed by atoms with E-state index in [0.717, 1.165) is 24.7 Å². The first-order chi connectivity index (χ1) is 14.3. The molecule has 0 aliphatic carbocycles. The lowest BCUT2D eigenvalue weighted by Crippen LogP contribution is -2.09. The average molecular weight is 414 g/mol. The second-order valence-electron chi connectivity index (χ2n) is 5.92. The van der Waals surface area contributed by atoms with Crippen molar-refractivity contribution in [2.24, 2.45) is 0 Å². The van der Waals surface area contributed by atoms with Gasteiger partial charge in [-0.3, -0.25) is 9.59 Å². The van der Waals surface area contributed by atoms with Gasteiger partial charge in [-0.15, -0.1) is 0 Å². The maximum Gasteiger partial charge on any atom is 0.338 e. The topological polar surface area (TPSA) is 153 Å². The highest BCUT2D eigenvalue weighted by Gasteiger charge is 2.13. The van der Waals surface area contributed by atoms with Gasteiger partial charge in [0.1, 0.15) is 37.3 Å². The van der Waals surface area contributed by atoms with Crippen LogP contribution in [0.5, 0.6) is 11.5 Å². The van der Waals surface area contributed by atoms with Crippen molar-refractivity contribution in [2.45, 2.75) is 13.2 Å². The zero-order valence-corrected chi connectivity index (χ0v) is 15.2. The minimum Gasteiger partial charge on any atom is -0.502 e. The molecule has 1 aromatic carbocycles. The largest absolute Gasteiger partial charge is 0.502 e. The fourth-order valence-electron chi connectivity index (χ4n) is 2.22. The van der Waals surface area contributed by atoms with E-state index in [4.69, 9.17) is 28.5 Å². The summed E-state index contributed by atoms with van der Waals surface area (Å²) in [5.41, 5.74) is -1.06. The highest BCUT2D eigenvalue weighted by molar-refractivity contribution is 5.93. The van der Waals surface area contributed by atoms with E-state index in [1.54, 1.807) is 0 Å². The van der Waals surface area contributed by atoms with Crippen molar-refractivity contribution in [3.05, 3.63) is 92.0 Å². The normalized spacial score (nSPS) is 10.4. The van der Waals surface area contributed by atoms with E-state index < -0.39 is 34.3 Å². The van der Waals surface area contributed by atoms with Crippen molar-refractivity contribution in [3.63, 3.8) is 0 Å². The minimum absolute atomic E-state index is 0.0484. The molecule has 0 unspecified atom stereocenters. The Morgan fingerprint density at radius 1 is 0.733 bits per heavy atom. The molecule has 30 heavy (non-hydrogen) atoms. The van der Waals surface area contributed by atoms with Crippen molar-refractivity contribution < 1.29 is 38.1 Å². The Hall–Kier alpha value is -4.34. The molecule has 0 fully saturated rings. The SMILES string of the molecule is O=C(OCc1cc(=O)c(O)co1)c1ccc(C(=O)OCc2cc(=O)c(O)co2)cc1. The van der Waals surface area contributed by atoms with Crippen LogP contribution in [0.3, 0.4) is 0 Å². The van der Waals surface area contributed by atoms with Crippen LogP contribution in [-0.2, 0) is 22.7 Å². The lowest BCUT2D eigenvalue weighted by Gasteiger charge is -2.06. The number of hydrogen-bond donors (Lipinski definition) is 2. The molecule has 2 heterocycles. The van der Waals surface area contributed by atoms with Crippen LogP contribution in [0.2, 0.25) is 0 Å². The van der Waals surface area contributed by atoms with Crippen molar-refractivity contribution in [1.29, 1.82) is 0 Å². The van der Waals surface area contributed by atoms with Crippen molar-refractivity contribution >= 4 is 11.9 Å². The molecule has 2 aromatic heterocycles. The first kappa shape index (κ1) is 20.4. The summed E-state index contributed by atoms with van der Waals surface area (Å²) in [5, 5.41) is 18.2. The zero-order valence-electron chi connectivity index (χ0n) is 15.2. The highest BCUT2D eigenvalue weighted by Crippen LogP contribution is 2.11. The summed E-state index contributed by atoms with van der Waals surface area (Å²) in [6, 6.07) is 7.36. The fourth-order valence-corrected chi connectivity index (χ4v) is 2.22. The van der Waals surface area contributed by atoms with Crippen LogP contribution in [0, 0.1) is 0 Å². The Morgan fingerprint density at radius 2 is 1.10 bits per heavy atom. The minimum atomic E-state index is -0.725. The molecule has 10 heteroatoms. The Morgan fingerprint density at radius 3 is 1.43 bits per heavy atom. The predicted molar refractivity (Wildman–Crippen MR) is 98.0 cm³/mol. The Balaban J connectivity index is 1.56. The summed E-state index contributed by atoms with van der Waals surface area (Å²) in [6.45, 7) is -0.647. The molecular formula is C20H14O10. The zero-order chi connectivity index (χ0) is 21.7. The number of aromatic hydroxyl groups is 2. The number of carbonyl (C=O) groups is 2. The monoisotopic (exact) mass is 414 g/mol. The summed E-state index contributed by atoms with van der Waals surface area (Å²) in [7, 11) is 0. The molecular weight excluding hydrogens is 400 g/mol. The summed E-state index contributed by atoms with van der Waals surface area (Å²) in [6.07, 6.45) is 1.68. The Kier molecular flexibility index (Phi) is 5.97. The summed E-state index contributed by atoms with van der Waals surface area (Å²) < 4.78 is 19.9. The Bertz CT molecular complexity index is 1090. The third kappa shape index (κ3) is 4.93. The maximum absolute atomic E-state index is 12.1. The van der Waals surface area contributed by atoms with Gasteiger partial charge in [0.2, 0.25) is 10.9 Å². The number of rotatable bonds is 6. The van der Waals surface area contributed by atoms with E-state index in [9.17, 15) is 19.2 Å². The van der Waals surface area contributed by atoms with Crippen LogP contribution < -0.4 is 10.9 Å². The lowest BCUT2D eigenvalue weighted by molar-refractivity contribution is 0.0429. The molecule has 0 saturated heterocycles. The van der Waals surface area contributed by atoms with E-state index in [0.29, 0.717) is 0 Å². The molecule has 0 amide bonds. The summed E-state index contributed by atoms with van der Waals surface area (Å²) in [4.78, 5) is 46.7. The van der Waals surface area contributed by atoms with Gasteiger partial charge >= 0.3 is 11.9 Å². The molecule has 0 atom stereocenters. The van der Waals surface area contributed by atoms with Crippen LogP contribution in [0.1, 0.15) is 32.2 Å². The van der Waals surface area contributed by atoms with E-state index in [-0.39, 0.29) is 35.9 Å². The lowest BCUT2D eigenvalue weighted by atomic mass is 10.1. The average Bonchev–Trinajstić information content (AvgIpc) is 2.75. The number of benzene rings is 1. The number of esters is 2. The summed E-state index contributed by atoms with van der Waals surface area (Å²) in [5.74, 6) is -2.47. The van der Waals surface area contributed by atoms with Crippen LogP contribution in [0.25, 0.3) is 0 Å². The molecule has 3 rings (SSSR count). The number of ether oxygens (including phenoxy) is 2. The first-order valence-electron chi connectivity index (χ1n) is 8.39. The van der Waals surface area contributed by atoms with Crippen molar-refractivity contribution in [1.82, 2.24) is 0 Å². The van der Waals surface area contributed by atoms with E-state index in [1.165, 1.54) is 24.3 Å². The molecule has 0 aliphatic rings. The molecule has 2 N–H and O–H groups in total. The van der Waals surface area contributed by atoms with E-state index >= 15 is 0 Å². The third-order valence-electron chi connectivity index (χ3n) is 3.78.